The molecule has 1 saturated heterocycles. The zero-order valence-electron chi connectivity index (χ0n) is 11.5. The molecule has 2 N–H and O–H groups in total. The number of rotatable bonds is 2. The van der Waals surface area contributed by atoms with Gasteiger partial charge in [-0.3, -0.25) is 4.79 Å². The van der Waals surface area contributed by atoms with Crippen molar-refractivity contribution < 1.29 is 9.18 Å². The quantitative estimate of drug-likeness (QED) is 0.892. The molecule has 4 heteroatoms. The first-order chi connectivity index (χ1) is 9.00. The number of halogens is 1. The van der Waals surface area contributed by atoms with Crippen molar-refractivity contribution in [2.75, 3.05) is 6.54 Å². The zero-order chi connectivity index (χ0) is 14.0. The minimum absolute atomic E-state index is 0.0157. The molecule has 0 radical (unpaired) electrons. The molecule has 1 aliphatic heterocycles. The molecular weight excluding hydrogens is 243 g/mol. The average molecular weight is 264 g/mol. The van der Waals surface area contributed by atoms with E-state index in [2.05, 4.69) is 0 Å². The predicted molar refractivity (Wildman–Crippen MR) is 73.5 cm³/mol. The lowest BCUT2D eigenvalue weighted by Gasteiger charge is -2.38. The summed E-state index contributed by atoms with van der Waals surface area (Å²) in [6.45, 7) is 4.38. The molecule has 1 aromatic rings. The van der Waals surface area contributed by atoms with E-state index in [4.69, 9.17) is 5.73 Å². The van der Waals surface area contributed by atoms with E-state index < -0.39 is 5.82 Å². The number of piperidine rings is 1. The van der Waals surface area contributed by atoms with Gasteiger partial charge in [-0.1, -0.05) is 6.07 Å². The summed E-state index contributed by atoms with van der Waals surface area (Å²) in [7, 11) is 0. The largest absolute Gasteiger partial charge is 0.334 e. The molecule has 0 aliphatic carbocycles. The molecule has 1 aromatic carbocycles. The Morgan fingerprint density at radius 1 is 1.47 bits per heavy atom. The van der Waals surface area contributed by atoms with Crippen LogP contribution in [0.1, 0.15) is 42.1 Å². The van der Waals surface area contributed by atoms with Gasteiger partial charge in [-0.15, -0.1) is 0 Å². The molecule has 1 amide bonds. The van der Waals surface area contributed by atoms with E-state index in [-0.39, 0.29) is 23.6 Å². The molecule has 104 valence electrons. The first-order valence-electron chi connectivity index (χ1n) is 6.83. The standard InChI is InChI=1S/C15H21FN2O/c1-10-6-7-12(13(16)9-10)15(19)18-8-4-3-5-14(18)11(2)17/h6-7,9,11,14H,3-5,8,17H2,1-2H3/t11-,14+/m0/s1. The maximum absolute atomic E-state index is 13.9. The van der Waals surface area contributed by atoms with Gasteiger partial charge in [-0.2, -0.15) is 0 Å². The molecule has 0 unspecified atom stereocenters. The summed E-state index contributed by atoms with van der Waals surface area (Å²) in [5.74, 6) is -0.682. The fourth-order valence-electron chi connectivity index (χ4n) is 2.70. The maximum atomic E-state index is 13.9. The fourth-order valence-corrected chi connectivity index (χ4v) is 2.70. The molecule has 1 heterocycles. The number of benzene rings is 1. The number of likely N-dealkylation sites (tertiary alicyclic amines) is 1. The molecule has 0 bridgehead atoms. The number of amides is 1. The Hall–Kier alpha value is -1.42. The van der Waals surface area contributed by atoms with Crippen LogP contribution in [-0.4, -0.2) is 29.4 Å². The Balaban J connectivity index is 2.26. The highest BCUT2D eigenvalue weighted by Crippen LogP contribution is 2.22. The van der Waals surface area contributed by atoms with Crippen LogP contribution in [0.25, 0.3) is 0 Å². The highest BCUT2D eigenvalue weighted by atomic mass is 19.1. The van der Waals surface area contributed by atoms with Gasteiger partial charge in [0.05, 0.1) is 5.56 Å². The van der Waals surface area contributed by atoms with Crippen molar-refractivity contribution in [3.8, 4) is 0 Å². The van der Waals surface area contributed by atoms with E-state index in [9.17, 15) is 9.18 Å². The summed E-state index contributed by atoms with van der Waals surface area (Å²) in [4.78, 5) is 14.2. The molecule has 1 aliphatic rings. The Labute approximate surface area is 113 Å². The van der Waals surface area contributed by atoms with Crippen LogP contribution < -0.4 is 5.73 Å². The lowest BCUT2D eigenvalue weighted by Crippen LogP contribution is -2.51. The molecular formula is C15H21FN2O. The normalized spacial score (nSPS) is 21.3. The van der Waals surface area contributed by atoms with Crippen LogP contribution in [0.15, 0.2) is 18.2 Å². The predicted octanol–water partition coefficient (Wildman–Crippen LogP) is 2.48. The van der Waals surface area contributed by atoms with Crippen molar-refractivity contribution in [3.63, 3.8) is 0 Å². The Morgan fingerprint density at radius 3 is 2.84 bits per heavy atom. The van der Waals surface area contributed by atoms with Gasteiger partial charge in [0, 0.05) is 18.6 Å². The van der Waals surface area contributed by atoms with E-state index in [0.717, 1.165) is 24.8 Å². The van der Waals surface area contributed by atoms with Crippen LogP contribution >= 0.6 is 0 Å². The van der Waals surface area contributed by atoms with Crippen LogP contribution in [0.5, 0.6) is 0 Å². The fraction of sp³-hybridized carbons (Fsp3) is 0.533. The van der Waals surface area contributed by atoms with Crippen molar-refractivity contribution in [2.24, 2.45) is 5.73 Å². The summed E-state index contributed by atoms with van der Waals surface area (Å²) in [5.41, 5.74) is 6.92. The number of aryl methyl sites for hydroxylation is 1. The van der Waals surface area contributed by atoms with Crippen molar-refractivity contribution in [1.29, 1.82) is 0 Å². The third kappa shape index (κ3) is 2.95. The second-order valence-electron chi connectivity index (χ2n) is 5.40. The second kappa shape index (κ2) is 5.70. The molecule has 2 rings (SSSR count). The van der Waals surface area contributed by atoms with Crippen molar-refractivity contribution in [3.05, 3.63) is 35.1 Å². The van der Waals surface area contributed by atoms with Gasteiger partial charge in [-0.05, 0) is 50.8 Å². The number of nitrogens with two attached hydrogens (primary N) is 1. The highest BCUT2D eigenvalue weighted by Gasteiger charge is 2.30. The minimum atomic E-state index is -0.445. The SMILES string of the molecule is Cc1ccc(C(=O)N2CCCC[C@@H]2[C@H](C)N)c(F)c1. The highest BCUT2D eigenvalue weighted by molar-refractivity contribution is 5.94. The van der Waals surface area contributed by atoms with Gasteiger partial charge < -0.3 is 10.6 Å². The van der Waals surface area contributed by atoms with Crippen molar-refractivity contribution >= 4 is 5.91 Å². The van der Waals surface area contributed by atoms with Crippen LogP contribution in [0.3, 0.4) is 0 Å². The maximum Gasteiger partial charge on any atom is 0.257 e. The van der Waals surface area contributed by atoms with Crippen molar-refractivity contribution in [1.82, 2.24) is 4.90 Å². The minimum Gasteiger partial charge on any atom is -0.334 e. The van der Waals surface area contributed by atoms with E-state index in [1.54, 1.807) is 17.0 Å². The number of carbonyl (C=O) groups is 1. The summed E-state index contributed by atoms with van der Waals surface area (Å²) < 4.78 is 13.9. The second-order valence-corrected chi connectivity index (χ2v) is 5.40. The summed E-state index contributed by atoms with van der Waals surface area (Å²) in [6, 6.07) is 4.67. The van der Waals surface area contributed by atoms with Gasteiger partial charge >= 0.3 is 0 Å². The monoisotopic (exact) mass is 264 g/mol. The molecule has 19 heavy (non-hydrogen) atoms. The summed E-state index contributed by atoms with van der Waals surface area (Å²) in [6.07, 6.45) is 2.94. The van der Waals surface area contributed by atoms with Crippen LogP contribution in [0.2, 0.25) is 0 Å². The van der Waals surface area contributed by atoms with E-state index >= 15 is 0 Å². The summed E-state index contributed by atoms with van der Waals surface area (Å²) in [5, 5.41) is 0. The molecule has 0 spiro atoms. The van der Waals surface area contributed by atoms with Crippen LogP contribution in [0.4, 0.5) is 4.39 Å². The Bertz CT molecular complexity index is 473. The molecule has 2 atom stereocenters. The molecule has 0 saturated carbocycles. The van der Waals surface area contributed by atoms with Gasteiger partial charge in [0.2, 0.25) is 0 Å². The summed E-state index contributed by atoms with van der Waals surface area (Å²) >= 11 is 0. The lowest BCUT2D eigenvalue weighted by molar-refractivity contribution is 0.0579. The third-order valence-electron chi connectivity index (χ3n) is 3.77. The first kappa shape index (κ1) is 14.0. The Morgan fingerprint density at radius 2 is 2.21 bits per heavy atom. The van der Waals surface area contributed by atoms with Gasteiger partial charge in [0.1, 0.15) is 5.82 Å². The molecule has 0 aromatic heterocycles. The van der Waals surface area contributed by atoms with Gasteiger partial charge in [-0.25, -0.2) is 4.39 Å². The van der Waals surface area contributed by atoms with E-state index in [1.807, 2.05) is 13.8 Å². The smallest absolute Gasteiger partial charge is 0.257 e. The van der Waals surface area contributed by atoms with Crippen LogP contribution in [0, 0.1) is 12.7 Å². The molecule has 3 nitrogen and oxygen atoms in total. The average Bonchev–Trinajstić information content (AvgIpc) is 2.38. The molecule has 1 fully saturated rings. The first-order valence-corrected chi connectivity index (χ1v) is 6.83. The zero-order valence-corrected chi connectivity index (χ0v) is 11.5. The van der Waals surface area contributed by atoms with Crippen molar-refractivity contribution in [2.45, 2.75) is 45.2 Å². The third-order valence-corrected chi connectivity index (χ3v) is 3.77. The van der Waals surface area contributed by atoms with E-state index in [1.165, 1.54) is 6.07 Å². The number of hydrogen-bond donors (Lipinski definition) is 1. The topological polar surface area (TPSA) is 46.3 Å². The number of nitrogens with zero attached hydrogens (tertiary/aromatic N) is 1. The van der Waals surface area contributed by atoms with Gasteiger partial charge in [0.15, 0.2) is 0 Å². The van der Waals surface area contributed by atoms with Crippen LogP contribution in [-0.2, 0) is 0 Å². The van der Waals surface area contributed by atoms with E-state index in [0.29, 0.717) is 6.54 Å². The van der Waals surface area contributed by atoms with Gasteiger partial charge in [0.25, 0.3) is 5.91 Å². The lowest BCUT2D eigenvalue weighted by atomic mass is 9.96. The number of carbonyl (C=O) groups excluding carboxylic acids is 1. The Kier molecular flexibility index (Phi) is 4.20. The number of hydrogen-bond acceptors (Lipinski definition) is 2.